The largest absolute Gasteiger partial charge is 0.457 e. The molecule has 0 aliphatic heterocycles. The van der Waals surface area contributed by atoms with E-state index in [2.05, 4.69) is 10.3 Å². The molecule has 1 amide bonds. The predicted molar refractivity (Wildman–Crippen MR) is 81.7 cm³/mol. The number of H-pyrrole nitrogens is 1. The quantitative estimate of drug-likeness (QED) is 0.756. The van der Waals surface area contributed by atoms with Gasteiger partial charge in [-0.2, -0.15) is 0 Å². The maximum Gasteiger partial charge on any atom is 0.272 e. The zero-order valence-corrected chi connectivity index (χ0v) is 11.2. The van der Waals surface area contributed by atoms with Gasteiger partial charge in [-0.25, -0.2) is 0 Å². The molecule has 3 aromatic rings. The van der Waals surface area contributed by atoms with Crippen LogP contribution in [-0.4, -0.2) is 10.9 Å². The van der Waals surface area contributed by atoms with Crippen molar-refractivity contribution in [2.75, 3.05) is 5.32 Å². The molecular formula is C17H14N2O2. The lowest BCUT2D eigenvalue weighted by Gasteiger charge is -2.07. The molecule has 0 fully saturated rings. The van der Waals surface area contributed by atoms with Gasteiger partial charge in [0.2, 0.25) is 0 Å². The number of aromatic nitrogens is 1. The SMILES string of the molecule is O=C(Nc1ccc(Oc2ccccc2)cc1)c1ccc[nH]1. The van der Waals surface area contributed by atoms with Gasteiger partial charge < -0.3 is 15.0 Å². The third-order valence-electron chi connectivity index (χ3n) is 2.93. The first-order valence-corrected chi connectivity index (χ1v) is 6.59. The Morgan fingerprint density at radius 1 is 0.857 bits per heavy atom. The van der Waals surface area contributed by atoms with E-state index >= 15 is 0 Å². The summed E-state index contributed by atoms with van der Waals surface area (Å²) in [5.74, 6) is 1.33. The van der Waals surface area contributed by atoms with Gasteiger partial charge in [0.05, 0.1) is 0 Å². The fraction of sp³-hybridized carbons (Fsp3) is 0. The van der Waals surface area contributed by atoms with Crippen LogP contribution in [-0.2, 0) is 0 Å². The predicted octanol–water partition coefficient (Wildman–Crippen LogP) is 4.06. The third-order valence-corrected chi connectivity index (χ3v) is 2.93. The van der Waals surface area contributed by atoms with Gasteiger partial charge in [0.15, 0.2) is 0 Å². The highest BCUT2D eigenvalue weighted by atomic mass is 16.5. The van der Waals surface area contributed by atoms with Crippen LogP contribution in [0.25, 0.3) is 0 Å². The lowest BCUT2D eigenvalue weighted by molar-refractivity contribution is 0.102. The van der Waals surface area contributed by atoms with Crippen molar-refractivity contribution in [3.8, 4) is 11.5 Å². The molecule has 1 aromatic heterocycles. The summed E-state index contributed by atoms with van der Waals surface area (Å²) in [6, 6.07) is 20.3. The Hall–Kier alpha value is -3.01. The number of nitrogens with one attached hydrogen (secondary N) is 2. The van der Waals surface area contributed by atoms with Crippen LogP contribution >= 0.6 is 0 Å². The first-order valence-electron chi connectivity index (χ1n) is 6.59. The Morgan fingerprint density at radius 2 is 1.57 bits per heavy atom. The molecule has 0 spiro atoms. The Kier molecular flexibility index (Phi) is 3.69. The lowest BCUT2D eigenvalue weighted by atomic mass is 10.3. The number of carbonyl (C=O) groups is 1. The van der Waals surface area contributed by atoms with Gasteiger partial charge in [-0.1, -0.05) is 18.2 Å². The summed E-state index contributed by atoms with van der Waals surface area (Å²) in [5.41, 5.74) is 1.25. The molecule has 0 radical (unpaired) electrons. The molecule has 1 heterocycles. The summed E-state index contributed by atoms with van der Waals surface area (Å²) in [6.45, 7) is 0. The van der Waals surface area contributed by atoms with Gasteiger partial charge in [-0.15, -0.1) is 0 Å². The number of rotatable bonds is 4. The number of amides is 1. The highest BCUT2D eigenvalue weighted by molar-refractivity contribution is 6.02. The Bertz CT molecular complexity index is 704. The summed E-state index contributed by atoms with van der Waals surface area (Å²) < 4.78 is 5.69. The molecule has 4 heteroatoms. The highest BCUT2D eigenvalue weighted by Crippen LogP contribution is 2.22. The Balaban J connectivity index is 1.65. The van der Waals surface area contributed by atoms with E-state index in [4.69, 9.17) is 4.74 Å². The van der Waals surface area contributed by atoms with Crippen molar-refractivity contribution in [1.82, 2.24) is 4.98 Å². The topological polar surface area (TPSA) is 54.1 Å². The number of ether oxygens (including phenoxy) is 1. The highest BCUT2D eigenvalue weighted by Gasteiger charge is 2.06. The fourth-order valence-corrected chi connectivity index (χ4v) is 1.90. The number of aromatic amines is 1. The van der Waals surface area contributed by atoms with Crippen molar-refractivity contribution in [3.63, 3.8) is 0 Å². The van der Waals surface area contributed by atoms with Crippen LogP contribution in [0.15, 0.2) is 72.9 Å². The van der Waals surface area contributed by atoms with Crippen LogP contribution < -0.4 is 10.1 Å². The second kappa shape index (κ2) is 5.96. The van der Waals surface area contributed by atoms with Gasteiger partial charge in [0.25, 0.3) is 5.91 Å². The van der Waals surface area contributed by atoms with Crippen molar-refractivity contribution in [1.29, 1.82) is 0 Å². The van der Waals surface area contributed by atoms with Crippen LogP contribution in [0.2, 0.25) is 0 Å². The van der Waals surface area contributed by atoms with Crippen molar-refractivity contribution in [2.24, 2.45) is 0 Å². The van der Waals surface area contributed by atoms with E-state index in [0.29, 0.717) is 5.69 Å². The average molecular weight is 278 g/mol. The van der Waals surface area contributed by atoms with E-state index in [1.807, 2.05) is 42.5 Å². The molecule has 2 N–H and O–H groups in total. The second-order valence-electron chi connectivity index (χ2n) is 4.48. The number of carbonyl (C=O) groups excluding carboxylic acids is 1. The summed E-state index contributed by atoms with van der Waals surface area (Å²) in [5, 5.41) is 2.81. The summed E-state index contributed by atoms with van der Waals surface area (Å²) in [7, 11) is 0. The molecule has 0 aliphatic rings. The Labute approximate surface area is 122 Å². The van der Waals surface area contributed by atoms with Crippen LogP contribution in [0.5, 0.6) is 11.5 Å². The molecular weight excluding hydrogens is 264 g/mol. The fourth-order valence-electron chi connectivity index (χ4n) is 1.90. The molecule has 0 saturated heterocycles. The number of benzene rings is 2. The maximum absolute atomic E-state index is 11.9. The van der Waals surface area contributed by atoms with Crippen LogP contribution in [0.4, 0.5) is 5.69 Å². The number of anilines is 1. The average Bonchev–Trinajstić information content (AvgIpc) is 3.05. The van der Waals surface area contributed by atoms with E-state index in [9.17, 15) is 4.79 Å². The smallest absolute Gasteiger partial charge is 0.272 e. The van der Waals surface area contributed by atoms with Crippen molar-refractivity contribution < 1.29 is 9.53 Å². The molecule has 0 atom stereocenters. The van der Waals surface area contributed by atoms with Gasteiger partial charge in [0, 0.05) is 11.9 Å². The molecule has 104 valence electrons. The number of para-hydroxylation sites is 1. The lowest BCUT2D eigenvalue weighted by Crippen LogP contribution is -2.11. The number of hydrogen-bond donors (Lipinski definition) is 2. The first kappa shape index (κ1) is 13.0. The van der Waals surface area contributed by atoms with Crippen LogP contribution in [0, 0.1) is 0 Å². The summed E-state index contributed by atoms with van der Waals surface area (Å²) in [6.07, 6.45) is 1.71. The Morgan fingerprint density at radius 3 is 2.24 bits per heavy atom. The van der Waals surface area contributed by atoms with Gasteiger partial charge >= 0.3 is 0 Å². The van der Waals surface area contributed by atoms with Crippen LogP contribution in [0.3, 0.4) is 0 Å². The van der Waals surface area contributed by atoms with Crippen molar-refractivity contribution in [3.05, 3.63) is 78.6 Å². The second-order valence-corrected chi connectivity index (χ2v) is 4.48. The van der Waals surface area contributed by atoms with Gasteiger partial charge in [-0.3, -0.25) is 4.79 Å². The van der Waals surface area contributed by atoms with E-state index in [0.717, 1.165) is 17.2 Å². The molecule has 0 aliphatic carbocycles. The van der Waals surface area contributed by atoms with Crippen molar-refractivity contribution >= 4 is 11.6 Å². The van der Waals surface area contributed by atoms with Gasteiger partial charge in [-0.05, 0) is 48.5 Å². The molecule has 0 bridgehead atoms. The molecule has 0 saturated carbocycles. The molecule has 2 aromatic carbocycles. The minimum absolute atomic E-state index is 0.170. The molecule has 4 nitrogen and oxygen atoms in total. The molecule has 21 heavy (non-hydrogen) atoms. The zero-order chi connectivity index (χ0) is 14.5. The normalized spacial score (nSPS) is 10.1. The van der Waals surface area contributed by atoms with Crippen LogP contribution in [0.1, 0.15) is 10.5 Å². The van der Waals surface area contributed by atoms with E-state index in [1.54, 1.807) is 30.5 Å². The maximum atomic E-state index is 11.9. The monoisotopic (exact) mass is 278 g/mol. The standard InChI is InChI=1S/C17H14N2O2/c20-17(16-7-4-12-18-16)19-13-8-10-15(11-9-13)21-14-5-2-1-3-6-14/h1-12,18H,(H,19,20). The third kappa shape index (κ3) is 3.30. The first-order chi connectivity index (χ1) is 10.3. The zero-order valence-electron chi connectivity index (χ0n) is 11.2. The van der Waals surface area contributed by atoms with Crippen molar-refractivity contribution in [2.45, 2.75) is 0 Å². The van der Waals surface area contributed by atoms with E-state index < -0.39 is 0 Å². The minimum atomic E-state index is -0.170. The summed E-state index contributed by atoms with van der Waals surface area (Å²) >= 11 is 0. The summed E-state index contributed by atoms with van der Waals surface area (Å²) in [4.78, 5) is 14.7. The van der Waals surface area contributed by atoms with Gasteiger partial charge in [0.1, 0.15) is 17.2 Å². The van der Waals surface area contributed by atoms with E-state index in [1.165, 1.54) is 0 Å². The molecule has 0 unspecified atom stereocenters. The molecule has 3 rings (SSSR count). The van der Waals surface area contributed by atoms with E-state index in [-0.39, 0.29) is 5.91 Å². The minimum Gasteiger partial charge on any atom is -0.457 e. The number of hydrogen-bond acceptors (Lipinski definition) is 2.